The molecule has 0 bridgehead atoms. The molecule has 0 aliphatic heterocycles. The Morgan fingerprint density at radius 3 is 2.69 bits per heavy atom. The highest BCUT2D eigenvalue weighted by Gasteiger charge is 2.19. The average Bonchev–Trinajstić information content (AvgIpc) is 2.30. The topological polar surface area (TPSA) is 63.8 Å². The molecule has 4 heteroatoms. The number of nitrogens with two attached hydrogens (primary N) is 1. The van der Waals surface area contributed by atoms with Gasteiger partial charge < -0.3 is 11.1 Å². The van der Waals surface area contributed by atoms with Gasteiger partial charge in [-0.15, -0.1) is 0 Å². The first kappa shape index (κ1) is 12.9. The molecule has 0 aliphatic rings. The van der Waals surface area contributed by atoms with Crippen LogP contribution in [0.15, 0.2) is 12.4 Å². The number of aromatic nitrogens is 2. The van der Waals surface area contributed by atoms with Crippen LogP contribution in [0.1, 0.15) is 39.3 Å². The Morgan fingerprint density at radius 1 is 1.38 bits per heavy atom. The van der Waals surface area contributed by atoms with Gasteiger partial charge in [0.05, 0.1) is 0 Å². The van der Waals surface area contributed by atoms with Crippen LogP contribution in [-0.2, 0) is 6.42 Å². The smallest absolute Gasteiger partial charge is 0.130 e. The first-order chi connectivity index (χ1) is 7.63. The minimum absolute atomic E-state index is 0.0855. The van der Waals surface area contributed by atoms with Crippen LogP contribution in [0.4, 0.5) is 5.82 Å². The normalized spacial score (nSPS) is 14.5. The molecule has 0 saturated carbocycles. The van der Waals surface area contributed by atoms with E-state index < -0.39 is 0 Å². The summed E-state index contributed by atoms with van der Waals surface area (Å²) >= 11 is 0. The molecule has 4 nitrogen and oxygen atoms in total. The van der Waals surface area contributed by atoms with Crippen molar-refractivity contribution in [2.24, 2.45) is 5.73 Å². The highest BCUT2D eigenvalue weighted by atomic mass is 15.1. The maximum absolute atomic E-state index is 5.76. The fourth-order valence-electron chi connectivity index (χ4n) is 1.45. The quantitative estimate of drug-likeness (QED) is 0.772. The van der Waals surface area contributed by atoms with Crippen molar-refractivity contribution in [3.05, 3.63) is 18.1 Å². The maximum atomic E-state index is 5.76. The Kier molecular flexibility index (Phi) is 4.68. The van der Waals surface area contributed by atoms with Gasteiger partial charge in [0.25, 0.3) is 0 Å². The van der Waals surface area contributed by atoms with Gasteiger partial charge in [-0.25, -0.2) is 9.97 Å². The molecule has 1 aromatic rings. The van der Waals surface area contributed by atoms with Gasteiger partial charge >= 0.3 is 0 Å². The Morgan fingerprint density at radius 2 is 2.12 bits per heavy atom. The number of hydrogen-bond donors (Lipinski definition) is 2. The summed E-state index contributed by atoms with van der Waals surface area (Å²) in [6.07, 6.45) is 4.66. The van der Waals surface area contributed by atoms with E-state index in [1.54, 1.807) is 6.33 Å². The van der Waals surface area contributed by atoms with Crippen LogP contribution >= 0.6 is 0 Å². The van der Waals surface area contributed by atoms with E-state index in [4.69, 9.17) is 5.73 Å². The summed E-state index contributed by atoms with van der Waals surface area (Å²) in [7, 11) is 0. The molecule has 1 aromatic heterocycles. The van der Waals surface area contributed by atoms with Gasteiger partial charge in [-0.2, -0.15) is 0 Å². The van der Waals surface area contributed by atoms with Crippen molar-refractivity contribution in [1.82, 2.24) is 9.97 Å². The fourth-order valence-corrected chi connectivity index (χ4v) is 1.45. The first-order valence-corrected chi connectivity index (χ1v) is 5.92. The van der Waals surface area contributed by atoms with E-state index in [9.17, 15) is 0 Å². The minimum Gasteiger partial charge on any atom is -0.364 e. The lowest BCUT2D eigenvalue weighted by Gasteiger charge is -2.28. The third-order valence-electron chi connectivity index (χ3n) is 2.89. The summed E-state index contributed by atoms with van der Waals surface area (Å²) in [6.45, 7) is 6.96. The number of nitrogens with zero attached hydrogens (tertiary/aromatic N) is 2. The monoisotopic (exact) mass is 222 g/mol. The Hall–Kier alpha value is -1.16. The number of nitrogens with one attached hydrogen (secondary N) is 1. The summed E-state index contributed by atoms with van der Waals surface area (Å²) in [4.78, 5) is 8.45. The SMILES string of the molecule is CCCc1cc(NC(C)(CC)CN)ncn1. The molecule has 16 heavy (non-hydrogen) atoms. The van der Waals surface area contributed by atoms with Gasteiger partial charge in [0.2, 0.25) is 0 Å². The molecule has 0 amide bonds. The van der Waals surface area contributed by atoms with E-state index in [0.29, 0.717) is 6.54 Å². The van der Waals surface area contributed by atoms with Crippen LogP contribution in [-0.4, -0.2) is 22.1 Å². The highest BCUT2D eigenvalue weighted by molar-refractivity contribution is 5.38. The van der Waals surface area contributed by atoms with Gasteiger partial charge in [-0.3, -0.25) is 0 Å². The molecule has 1 rings (SSSR count). The number of hydrogen-bond acceptors (Lipinski definition) is 4. The molecule has 0 aliphatic carbocycles. The van der Waals surface area contributed by atoms with Crippen LogP contribution < -0.4 is 11.1 Å². The van der Waals surface area contributed by atoms with E-state index in [-0.39, 0.29) is 5.54 Å². The molecule has 90 valence electrons. The predicted octanol–water partition coefficient (Wildman–Crippen LogP) is 1.97. The molecule has 0 aromatic carbocycles. The van der Waals surface area contributed by atoms with Gasteiger partial charge in [0.15, 0.2) is 0 Å². The second-order valence-electron chi connectivity index (χ2n) is 4.39. The molecule has 1 unspecified atom stereocenters. The number of rotatable bonds is 6. The van der Waals surface area contributed by atoms with Crippen molar-refractivity contribution in [3.8, 4) is 0 Å². The largest absolute Gasteiger partial charge is 0.364 e. The lowest BCUT2D eigenvalue weighted by atomic mass is 9.99. The molecule has 0 radical (unpaired) electrons. The van der Waals surface area contributed by atoms with Crippen LogP contribution in [0.5, 0.6) is 0 Å². The van der Waals surface area contributed by atoms with Crippen molar-refractivity contribution < 1.29 is 0 Å². The summed E-state index contributed by atoms with van der Waals surface area (Å²) in [6, 6.07) is 2.01. The minimum atomic E-state index is -0.0855. The second kappa shape index (κ2) is 5.80. The summed E-state index contributed by atoms with van der Waals surface area (Å²) in [5, 5.41) is 3.38. The maximum Gasteiger partial charge on any atom is 0.130 e. The van der Waals surface area contributed by atoms with E-state index in [2.05, 4.69) is 36.1 Å². The van der Waals surface area contributed by atoms with Crippen LogP contribution in [0.3, 0.4) is 0 Å². The Bertz CT molecular complexity index is 321. The zero-order valence-corrected chi connectivity index (χ0v) is 10.5. The third-order valence-corrected chi connectivity index (χ3v) is 2.89. The lowest BCUT2D eigenvalue weighted by Crippen LogP contribution is -2.42. The molecule has 1 heterocycles. The molecular formula is C12H22N4. The van der Waals surface area contributed by atoms with Crippen LogP contribution in [0.25, 0.3) is 0 Å². The van der Waals surface area contributed by atoms with Crippen molar-refractivity contribution >= 4 is 5.82 Å². The van der Waals surface area contributed by atoms with E-state index >= 15 is 0 Å². The van der Waals surface area contributed by atoms with Gasteiger partial charge in [-0.1, -0.05) is 20.3 Å². The van der Waals surface area contributed by atoms with Gasteiger partial charge in [-0.05, 0) is 19.8 Å². The van der Waals surface area contributed by atoms with E-state index in [0.717, 1.165) is 30.8 Å². The summed E-state index contributed by atoms with van der Waals surface area (Å²) < 4.78 is 0. The van der Waals surface area contributed by atoms with Crippen molar-refractivity contribution in [2.75, 3.05) is 11.9 Å². The van der Waals surface area contributed by atoms with Crippen LogP contribution in [0.2, 0.25) is 0 Å². The fraction of sp³-hybridized carbons (Fsp3) is 0.667. The Labute approximate surface area is 97.7 Å². The first-order valence-electron chi connectivity index (χ1n) is 5.92. The Balaban J connectivity index is 2.76. The van der Waals surface area contributed by atoms with E-state index in [1.165, 1.54) is 0 Å². The van der Waals surface area contributed by atoms with Crippen molar-refractivity contribution in [2.45, 2.75) is 45.6 Å². The standard InChI is InChI=1S/C12H22N4/c1-4-6-10-7-11(15-9-14-10)16-12(3,5-2)8-13/h7,9H,4-6,8,13H2,1-3H3,(H,14,15,16). The average molecular weight is 222 g/mol. The second-order valence-corrected chi connectivity index (χ2v) is 4.39. The number of aryl methyl sites for hydroxylation is 1. The summed E-state index contributed by atoms with van der Waals surface area (Å²) in [5.41, 5.74) is 6.75. The molecule has 0 fully saturated rings. The van der Waals surface area contributed by atoms with Crippen LogP contribution in [0, 0.1) is 0 Å². The predicted molar refractivity (Wildman–Crippen MR) is 67.4 cm³/mol. The van der Waals surface area contributed by atoms with Crippen molar-refractivity contribution in [1.29, 1.82) is 0 Å². The third kappa shape index (κ3) is 3.45. The molecule has 0 spiro atoms. The molecule has 3 N–H and O–H groups in total. The lowest BCUT2D eigenvalue weighted by molar-refractivity contribution is 0.504. The van der Waals surface area contributed by atoms with Crippen molar-refractivity contribution in [3.63, 3.8) is 0 Å². The summed E-state index contributed by atoms with van der Waals surface area (Å²) in [5.74, 6) is 0.869. The van der Waals surface area contributed by atoms with E-state index in [1.807, 2.05) is 6.07 Å². The zero-order chi connectivity index (χ0) is 12.0. The zero-order valence-electron chi connectivity index (χ0n) is 10.5. The molecule has 1 atom stereocenters. The number of anilines is 1. The molecule has 0 saturated heterocycles. The highest BCUT2D eigenvalue weighted by Crippen LogP contribution is 2.16. The van der Waals surface area contributed by atoms with Gasteiger partial charge in [0.1, 0.15) is 12.1 Å². The molecular weight excluding hydrogens is 200 g/mol. The van der Waals surface area contributed by atoms with Gasteiger partial charge in [0, 0.05) is 23.8 Å².